The second-order valence-electron chi connectivity index (χ2n) is 3.70. The first-order valence-electron chi connectivity index (χ1n) is 5.17. The predicted octanol–water partition coefficient (Wildman–Crippen LogP) is 0.837. The highest BCUT2D eigenvalue weighted by Crippen LogP contribution is 2.12. The molecule has 1 aliphatic rings. The number of rotatable bonds is 4. The van der Waals surface area contributed by atoms with Crippen molar-refractivity contribution in [2.75, 3.05) is 20.3 Å². The summed E-state index contributed by atoms with van der Waals surface area (Å²) >= 11 is 0. The number of hydrogen-bond donors (Lipinski definition) is 1. The van der Waals surface area contributed by atoms with Gasteiger partial charge in [-0.3, -0.25) is 4.98 Å². The van der Waals surface area contributed by atoms with Crippen molar-refractivity contribution in [1.29, 1.82) is 0 Å². The fourth-order valence-corrected chi connectivity index (χ4v) is 1.72. The first kappa shape index (κ1) is 10.4. The van der Waals surface area contributed by atoms with Crippen molar-refractivity contribution >= 4 is 0 Å². The van der Waals surface area contributed by atoms with Crippen LogP contribution in [0, 0.1) is 0 Å². The molecule has 82 valence electrons. The van der Waals surface area contributed by atoms with Crippen LogP contribution >= 0.6 is 0 Å². The van der Waals surface area contributed by atoms with Gasteiger partial charge >= 0.3 is 0 Å². The Labute approximate surface area is 89.6 Å². The van der Waals surface area contributed by atoms with Crippen LogP contribution in [0.25, 0.3) is 0 Å². The van der Waals surface area contributed by atoms with Crippen molar-refractivity contribution in [2.24, 2.45) is 0 Å². The molecule has 1 fully saturated rings. The molecule has 1 aromatic rings. The van der Waals surface area contributed by atoms with Gasteiger partial charge in [0.15, 0.2) is 0 Å². The summed E-state index contributed by atoms with van der Waals surface area (Å²) in [6, 6.07) is 4.17. The Morgan fingerprint density at radius 1 is 1.60 bits per heavy atom. The van der Waals surface area contributed by atoms with E-state index in [-0.39, 0.29) is 0 Å². The van der Waals surface area contributed by atoms with Gasteiger partial charge in [-0.05, 0) is 18.6 Å². The highest BCUT2D eigenvalue weighted by Gasteiger charge is 2.23. The van der Waals surface area contributed by atoms with E-state index in [4.69, 9.17) is 9.47 Å². The smallest absolute Gasteiger partial charge is 0.137 e. The maximum atomic E-state index is 5.60. The van der Waals surface area contributed by atoms with Crippen molar-refractivity contribution < 1.29 is 9.47 Å². The molecule has 0 unspecified atom stereocenters. The highest BCUT2D eigenvalue weighted by atomic mass is 16.5. The third kappa shape index (κ3) is 2.91. The maximum Gasteiger partial charge on any atom is 0.137 e. The Balaban J connectivity index is 1.75. The lowest BCUT2D eigenvalue weighted by Gasteiger charge is -2.11. The topological polar surface area (TPSA) is 43.4 Å². The minimum Gasteiger partial charge on any atom is -0.490 e. The molecule has 4 nitrogen and oxygen atoms in total. The van der Waals surface area contributed by atoms with Crippen LogP contribution in [0.4, 0.5) is 0 Å². The van der Waals surface area contributed by atoms with Gasteiger partial charge in [-0.15, -0.1) is 0 Å². The van der Waals surface area contributed by atoms with Crippen molar-refractivity contribution in [3.8, 4) is 5.75 Å². The second-order valence-corrected chi connectivity index (χ2v) is 3.70. The lowest BCUT2D eigenvalue weighted by molar-refractivity contribution is 0.115. The molecule has 0 aliphatic carbocycles. The van der Waals surface area contributed by atoms with E-state index in [1.165, 1.54) is 0 Å². The SMILES string of the molecule is CO[C@H]1CN[C@H](COc2cccnc2)C1. The summed E-state index contributed by atoms with van der Waals surface area (Å²) in [6.07, 6.45) is 4.80. The highest BCUT2D eigenvalue weighted by molar-refractivity contribution is 5.15. The van der Waals surface area contributed by atoms with Gasteiger partial charge in [0.2, 0.25) is 0 Å². The average molecular weight is 208 g/mol. The summed E-state index contributed by atoms with van der Waals surface area (Å²) in [6.45, 7) is 1.59. The van der Waals surface area contributed by atoms with E-state index in [2.05, 4.69) is 10.3 Å². The van der Waals surface area contributed by atoms with E-state index >= 15 is 0 Å². The molecule has 2 rings (SSSR count). The van der Waals surface area contributed by atoms with Crippen LogP contribution in [-0.4, -0.2) is 37.4 Å². The molecular weight excluding hydrogens is 192 g/mol. The molecular formula is C11H16N2O2. The van der Waals surface area contributed by atoms with E-state index < -0.39 is 0 Å². The monoisotopic (exact) mass is 208 g/mol. The number of methoxy groups -OCH3 is 1. The van der Waals surface area contributed by atoms with Crippen LogP contribution in [0.15, 0.2) is 24.5 Å². The number of aromatic nitrogens is 1. The first-order valence-corrected chi connectivity index (χ1v) is 5.17. The van der Waals surface area contributed by atoms with Crippen LogP contribution in [0.1, 0.15) is 6.42 Å². The molecule has 1 aliphatic heterocycles. The van der Waals surface area contributed by atoms with Crippen molar-refractivity contribution in [1.82, 2.24) is 10.3 Å². The predicted molar refractivity (Wildman–Crippen MR) is 56.9 cm³/mol. The Hall–Kier alpha value is -1.13. The van der Waals surface area contributed by atoms with E-state index in [0.29, 0.717) is 18.8 Å². The number of hydrogen-bond acceptors (Lipinski definition) is 4. The van der Waals surface area contributed by atoms with Crippen molar-refractivity contribution in [3.05, 3.63) is 24.5 Å². The number of pyridine rings is 1. The van der Waals surface area contributed by atoms with Crippen LogP contribution in [0.5, 0.6) is 5.75 Å². The molecule has 2 heterocycles. The first-order chi connectivity index (χ1) is 7.38. The normalized spacial score (nSPS) is 25.4. The zero-order valence-corrected chi connectivity index (χ0v) is 8.85. The molecule has 0 bridgehead atoms. The lowest BCUT2D eigenvalue weighted by atomic mass is 10.2. The Kier molecular flexibility index (Phi) is 3.53. The molecule has 1 N–H and O–H groups in total. The van der Waals surface area contributed by atoms with Gasteiger partial charge < -0.3 is 14.8 Å². The average Bonchev–Trinajstić information content (AvgIpc) is 2.76. The molecule has 2 atom stereocenters. The van der Waals surface area contributed by atoms with E-state index in [1.54, 1.807) is 19.5 Å². The Bertz CT molecular complexity index is 292. The summed E-state index contributed by atoms with van der Waals surface area (Å²) in [7, 11) is 1.75. The van der Waals surface area contributed by atoms with E-state index in [9.17, 15) is 0 Å². The van der Waals surface area contributed by atoms with Crippen molar-refractivity contribution in [3.63, 3.8) is 0 Å². The summed E-state index contributed by atoms with van der Waals surface area (Å²) in [5, 5.41) is 3.36. The quantitative estimate of drug-likeness (QED) is 0.796. The van der Waals surface area contributed by atoms with Gasteiger partial charge in [0.25, 0.3) is 0 Å². The van der Waals surface area contributed by atoms with Gasteiger partial charge in [0.1, 0.15) is 12.4 Å². The van der Waals surface area contributed by atoms with Crippen LogP contribution in [0.2, 0.25) is 0 Å². The Morgan fingerprint density at radius 2 is 2.53 bits per heavy atom. The van der Waals surface area contributed by atoms with Gasteiger partial charge in [-0.1, -0.05) is 0 Å². The van der Waals surface area contributed by atoms with Gasteiger partial charge in [0, 0.05) is 25.9 Å². The molecule has 1 aromatic heterocycles. The van der Waals surface area contributed by atoms with Gasteiger partial charge in [-0.2, -0.15) is 0 Å². The molecule has 0 radical (unpaired) electrons. The van der Waals surface area contributed by atoms with Crippen molar-refractivity contribution in [2.45, 2.75) is 18.6 Å². The molecule has 0 aromatic carbocycles. The fraction of sp³-hybridized carbons (Fsp3) is 0.545. The molecule has 0 spiro atoms. The van der Waals surface area contributed by atoms with Gasteiger partial charge in [0.05, 0.1) is 12.3 Å². The summed E-state index contributed by atoms with van der Waals surface area (Å²) in [5.74, 6) is 0.820. The summed E-state index contributed by atoms with van der Waals surface area (Å²) < 4.78 is 10.9. The minimum absolute atomic E-state index is 0.326. The number of ether oxygens (including phenoxy) is 2. The molecule has 15 heavy (non-hydrogen) atoms. The maximum absolute atomic E-state index is 5.60. The third-order valence-corrected chi connectivity index (χ3v) is 2.60. The number of nitrogens with one attached hydrogen (secondary N) is 1. The second kappa shape index (κ2) is 5.09. The van der Waals surface area contributed by atoms with Crippen LogP contribution in [-0.2, 0) is 4.74 Å². The zero-order valence-electron chi connectivity index (χ0n) is 8.85. The summed E-state index contributed by atoms with van der Waals surface area (Å²) in [5.41, 5.74) is 0. The third-order valence-electron chi connectivity index (χ3n) is 2.60. The summed E-state index contributed by atoms with van der Waals surface area (Å²) in [4.78, 5) is 3.99. The Morgan fingerprint density at radius 3 is 3.20 bits per heavy atom. The zero-order chi connectivity index (χ0) is 10.5. The number of nitrogens with zero attached hydrogens (tertiary/aromatic N) is 1. The molecule has 4 heteroatoms. The largest absolute Gasteiger partial charge is 0.490 e. The van der Waals surface area contributed by atoms with Crippen LogP contribution in [0.3, 0.4) is 0 Å². The van der Waals surface area contributed by atoms with E-state index in [0.717, 1.165) is 18.7 Å². The standard InChI is InChI=1S/C11H16N2O2/c1-14-11-5-9(13-7-11)8-15-10-3-2-4-12-6-10/h2-4,6,9,11,13H,5,7-8H2,1H3/t9-,11+/m0/s1. The molecule has 1 saturated heterocycles. The van der Waals surface area contributed by atoms with E-state index in [1.807, 2.05) is 12.1 Å². The molecule has 0 saturated carbocycles. The van der Waals surface area contributed by atoms with Gasteiger partial charge in [-0.25, -0.2) is 0 Å². The molecule has 0 amide bonds. The lowest BCUT2D eigenvalue weighted by Crippen LogP contribution is -2.28. The minimum atomic E-state index is 0.326. The van der Waals surface area contributed by atoms with Crippen LogP contribution < -0.4 is 10.1 Å². The fourth-order valence-electron chi connectivity index (χ4n) is 1.72.